The zero-order valence-electron chi connectivity index (χ0n) is 15.4. The number of aliphatic hydroxyl groups excluding tert-OH is 1. The van der Waals surface area contributed by atoms with Crippen LogP contribution in [0.3, 0.4) is 0 Å². The molecule has 1 heterocycles. The number of hydrogen-bond acceptors (Lipinski definition) is 5. The maximum Gasteiger partial charge on any atom is 0.117 e. The summed E-state index contributed by atoms with van der Waals surface area (Å²) in [5.41, 5.74) is 3.50. The second-order valence-corrected chi connectivity index (χ2v) is 7.06. The molecule has 8 heteroatoms. The van der Waals surface area contributed by atoms with Gasteiger partial charge in [-0.05, 0) is 12.1 Å². The summed E-state index contributed by atoms with van der Waals surface area (Å²) in [6, 6.07) is 15.4. The third kappa shape index (κ3) is 5.53. The van der Waals surface area contributed by atoms with Crippen molar-refractivity contribution in [2.75, 3.05) is 26.2 Å². The summed E-state index contributed by atoms with van der Waals surface area (Å²) >= 11 is 12.6. The van der Waals surface area contributed by atoms with Crippen LogP contribution in [0.15, 0.2) is 48.5 Å². The molecule has 6 nitrogen and oxygen atoms in total. The van der Waals surface area contributed by atoms with Crippen molar-refractivity contribution in [1.29, 1.82) is 0 Å². The minimum atomic E-state index is 0.136. The highest BCUT2D eigenvalue weighted by Crippen LogP contribution is 2.26. The zero-order valence-corrected chi connectivity index (χ0v) is 16.9. The van der Waals surface area contributed by atoms with Crippen LogP contribution in [0.1, 0.15) is 11.3 Å². The van der Waals surface area contributed by atoms with Crippen LogP contribution in [0, 0.1) is 0 Å². The summed E-state index contributed by atoms with van der Waals surface area (Å²) in [5, 5.41) is 25.8. The van der Waals surface area contributed by atoms with Crippen LogP contribution in [-0.4, -0.2) is 46.3 Å². The molecule has 1 aromatic heterocycles. The monoisotopic (exact) mass is 419 g/mol. The quantitative estimate of drug-likeness (QED) is 0.440. The molecular formula is C20H23Cl2N5O. The Balaban J connectivity index is 1.77. The summed E-state index contributed by atoms with van der Waals surface area (Å²) in [6.07, 6.45) is 0. The largest absolute Gasteiger partial charge is 0.395 e. The maximum atomic E-state index is 8.80. The van der Waals surface area contributed by atoms with Gasteiger partial charge in [0.05, 0.1) is 13.2 Å². The molecule has 0 saturated heterocycles. The molecule has 3 rings (SSSR count). The highest BCUT2D eigenvalue weighted by Gasteiger charge is 2.15. The van der Waals surface area contributed by atoms with E-state index in [-0.39, 0.29) is 6.61 Å². The number of nitrogens with one attached hydrogen (secondary N) is 2. The van der Waals surface area contributed by atoms with E-state index in [9.17, 15) is 0 Å². The molecule has 2 aromatic carbocycles. The molecule has 3 N–H and O–H groups in total. The van der Waals surface area contributed by atoms with Crippen molar-refractivity contribution < 1.29 is 5.11 Å². The van der Waals surface area contributed by atoms with E-state index in [1.807, 2.05) is 48.5 Å². The van der Waals surface area contributed by atoms with Crippen LogP contribution in [0.4, 0.5) is 0 Å². The number of rotatable bonds is 10. The lowest BCUT2D eigenvalue weighted by Crippen LogP contribution is -2.29. The zero-order chi connectivity index (χ0) is 19.8. The Bertz CT molecular complexity index is 865. The van der Waals surface area contributed by atoms with Crippen molar-refractivity contribution in [1.82, 2.24) is 25.6 Å². The average molecular weight is 420 g/mol. The number of halogens is 2. The molecule has 0 aliphatic carbocycles. The Labute approximate surface area is 174 Å². The molecule has 0 unspecified atom stereocenters. The highest BCUT2D eigenvalue weighted by molar-refractivity contribution is 6.35. The van der Waals surface area contributed by atoms with Gasteiger partial charge in [0.2, 0.25) is 0 Å². The topological polar surface area (TPSA) is 75.0 Å². The second-order valence-electron chi connectivity index (χ2n) is 6.24. The first-order chi connectivity index (χ1) is 13.7. The smallest absolute Gasteiger partial charge is 0.117 e. The van der Waals surface area contributed by atoms with Crippen molar-refractivity contribution >= 4 is 23.2 Å². The molecule has 3 aromatic rings. The van der Waals surface area contributed by atoms with Crippen LogP contribution >= 0.6 is 23.2 Å². The fourth-order valence-corrected chi connectivity index (χ4v) is 3.32. The van der Waals surface area contributed by atoms with Gasteiger partial charge in [0, 0.05) is 47.4 Å². The molecule has 0 bridgehead atoms. The standard InChI is InChI=1S/C20H23Cl2N5O/c21-17-7-4-8-18(22)16(17)14-27-25-19(13-24-10-9-23-11-12-28)20(26-27)15-5-2-1-3-6-15/h1-8,23-24,28H,9-14H2. The molecular weight excluding hydrogens is 397 g/mol. The van der Waals surface area contributed by atoms with Gasteiger partial charge >= 0.3 is 0 Å². The van der Waals surface area contributed by atoms with Crippen molar-refractivity contribution in [3.63, 3.8) is 0 Å². The lowest BCUT2D eigenvalue weighted by Gasteiger charge is -2.06. The Hall–Kier alpha value is -1.96. The van der Waals surface area contributed by atoms with E-state index in [1.165, 1.54) is 0 Å². The number of aromatic nitrogens is 3. The normalized spacial score (nSPS) is 11.1. The van der Waals surface area contributed by atoms with Crippen LogP contribution < -0.4 is 10.6 Å². The summed E-state index contributed by atoms with van der Waals surface area (Å²) in [5.74, 6) is 0. The van der Waals surface area contributed by atoms with Crippen molar-refractivity contribution in [3.05, 3.63) is 69.8 Å². The lowest BCUT2D eigenvalue weighted by atomic mass is 10.1. The maximum absolute atomic E-state index is 8.80. The van der Waals surface area contributed by atoms with Gasteiger partial charge in [0.15, 0.2) is 0 Å². The van der Waals surface area contributed by atoms with Gasteiger partial charge in [0.1, 0.15) is 11.4 Å². The Kier molecular flexibility index (Phi) is 7.82. The molecule has 0 amide bonds. The first-order valence-corrected chi connectivity index (χ1v) is 9.89. The third-order valence-corrected chi connectivity index (χ3v) is 4.90. The average Bonchev–Trinajstić information content (AvgIpc) is 3.11. The number of aliphatic hydroxyl groups is 1. The van der Waals surface area contributed by atoms with E-state index in [4.69, 9.17) is 28.3 Å². The number of hydrogen-bond donors (Lipinski definition) is 3. The highest BCUT2D eigenvalue weighted by atomic mass is 35.5. The van der Waals surface area contributed by atoms with Gasteiger partial charge in [-0.2, -0.15) is 15.0 Å². The Morgan fingerprint density at radius 3 is 2.29 bits per heavy atom. The first kappa shape index (κ1) is 20.8. The molecule has 0 aliphatic heterocycles. The van der Waals surface area contributed by atoms with Crippen molar-refractivity contribution in [3.8, 4) is 11.3 Å². The predicted octanol–water partition coefficient (Wildman–Crippen LogP) is 2.97. The Morgan fingerprint density at radius 2 is 1.57 bits per heavy atom. The molecule has 0 saturated carbocycles. The van der Waals surface area contributed by atoms with E-state index in [0.29, 0.717) is 29.7 Å². The molecule has 0 aliphatic rings. The molecule has 0 radical (unpaired) electrons. The summed E-state index contributed by atoms with van der Waals surface area (Å²) in [7, 11) is 0. The van der Waals surface area contributed by atoms with Crippen LogP contribution in [-0.2, 0) is 13.1 Å². The fourth-order valence-electron chi connectivity index (χ4n) is 2.80. The van der Waals surface area contributed by atoms with Gasteiger partial charge in [-0.15, -0.1) is 0 Å². The van der Waals surface area contributed by atoms with E-state index >= 15 is 0 Å². The van der Waals surface area contributed by atoms with Gasteiger partial charge < -0.3 is 15.7 Å². The molecule has 0 spiro atoms. The predicted molar refractivity (Wildman–Crippen MR) is 113 cm³/mol. The van der Waals surface area contributed by atoms with Crippen molar-refractivity contribution in [2.45, 2.75) is 13.1 Å². The van der Waals surface area contributed by atoms with Crippen molar-refractivity contribution in [2.24, 2.45) is 0 Å². The van der Waals surface area contributed by atoms with Crippen LogP contribution in [0.5, 0.6) is 0 Å². The van der Waals surface area contributed by atoms with Crippen LogP contribution in [0.2, 0.25) is 10.0 Å². The third-order valence-electron chi connectivity index (χ3n) is 4.19. The molecule has 0 fully saturated rings. The van der Waals surface area contributed by atoms with Gasteiger partial charge in [0.25, 0.3) is 0 Å². The second kappa shape index (κ2) is 10.5. The van der Waals surface area contributed by atoms with Gasteiger partial charge in [-0.25, -0.2) is 0 Å². The van der Waals surface area contributed by atoms with E-state index in [2.05, 4.69) is 20.8 Å². The van der Waals surface area contributed by atoms with Gasteiger partial charge in [-0.3, -0.25) is 0 Å². The number of benzene rings is 2. The fraction of sp³-hybridized carbons (Fsp3) is 0.300. The van der Waals surface area contributed by atoms with Crippen LogP contribution in [0.25, 0.3) is 11.3 Å². The first-order valence-electron chi connectivity index (χ1n) is 9.13. The molecule has 0 atom stereocenters. The van der Waals surface area contributed by atoms with E-state index in [1.54, 1.807) is 4.80 Å². The van der Waals surface area contributed by atoms with E-state index in [0.717, 1.165) is 35.6 Å². The lowest BCUT2D eigenvalue weighted by molar-refractivity contribution is 0.292. The Morgan fingerprint density at radius 1 is 0.857 bits per heavy atom. The minimum Gasteiger partial charge on any atom is -0.395 e. The SMILES string of the molecule is OCCNCCNCc1nn(Cc2c(Cl)cccc2Cl)nc1-c1ccccc1. The number of nitrogens with zero attached hydrogens (tertiary/aromatic N) is 3. The minimum absolute atomic E-state index is 0.136. The summed E-state index contributed by atoms with van der Waals surface area (Å²) in [4.78, 5) is 1.64. The molecule has 148 valence electrons. The summed E-state index contributed by atoms with van der Waals surface area (Å²) in [6.45, 7) is 3.24. The van der Waals surface area contributed by atoms with E-state index < -0.39 is 0 Å². The summed E-state index contributed by atoms with van der Waals surface area (Å²) < 4.78 is 0. The molecule has 28 heavy (non-hydrogen) atoms. The van der Waals surface area contributed by atoms with Gasteiger partial charge in [-0.1, -0.05) is 59.6 Å².